The van der Waals surface area contributed by atoms with Crippen molar-refractivity contribution in [3.8, 4) is 23.3 Å². The third kappa shape index (κ3) is 4.43. The maximum atomic E-state index is 14.1. The molecule has 0 spiro atoms. The van der Waals surface area contributed by atoms with Crippen molar-refractivity contribution in [2.45, 2.75) is 50.7 Å². The molecule has 1 aliphatic heterocycles. The van der Waals surface area contributed by atoms with E-state index in [1.165, 1.54) is 6.07 Å². The fraction of sp³-hybridized carbons (Fsp3) is 0.243. The van der Waals surface area contributed by atoms with Gasteiger partial charge in [-0.3, -0.25) is 0 Å². The number of nitrogens with zero attached hydrogens (tertiary/aromatic N) is 2. The zero-order chi connectivity index (χ0) is 30.7. The second kappa shape index (κ2) is 10.5. The lowest BCUT2D eigenvalue weighted by Gasteiger charge is -2.23. The average Bonchev–Trinajstić information content (AvgIpc) is 3.75. The van der Waals surface area contributed by atoms with Gasteiger partial charge in [0, 0.05) is 23.6 Å². The highest BCUT2D eigenvalue weighted by Crippen LogP contribution is 2.59. The second-order valence-corrected chi connectivity index (χ2v) is 11.7. The van der Waals surface area contributed by atoms with Gasteiger partial charge in [0.05, 0.1) is 29.3 Å². The molecule has 4 aliphatic rings. The van der Waals surface area contributed by atoms with Gasteiger partial charge in [0.25, 0.3) is 0 Å². The third-order valence-corrected chi connectivity index (χ3v) is 9.15. The van der Waals surface area contributed by atoms with Gasteiger partial charge in [-0.05, 0) is 99.2 Å². The summed E-state index contributed by atoms with van der Waals surface area (Å²) in [5, 5.41) is 23.8. The average molecular weight is 590 g/mol. The number of rotatable bonds is 5. The van der Waals surface area contributed by atoms with Gasteiger partial charge in [-0.2, -0.15) is 23.7 Å². The number of hydrogen-bond acceptors (Lipinski definition) is 3. The van der Waals surface area contributed by atoms with E-state index in [1.54, 1.807) is 6.07 Å². The summed E-state index contributed by atoms with van der Waals surface area (Å²) in [6.07, 6.45) is 0.577. The molecule has 3 aromatic rings. The van der Waals surface area contributed by atoms with E-state index in [1.807, 2.05) is 24.3 Å². The highest BCUT2D eigenvalue weighted by Gasteiger charge is 2.42. The Morgan fingerprint density at radius 1 is 0.932 bits per heavy atom. The highest BCUT2D eigenvalue weighted by atomic mass is 19.4. The molecule has 218 valence electrons. The van der Waals surface area contributed by atoms with Gasteiger partial charge >= 0.3 is 6.18 Å². The minimum atomic E-state index is -4.82. The zero-order valence-corrected chi connectivity index (χ0v) is 23.9. The largest absolute Gasteiger partial charge is 0.419 e. The minimum Gasteiger partial charge on any atom is -0.306 e. The number of unbranched alkanes of at least 4 members (excludes halogenated alkanes) is 1. The van der Waals surface area contributed by atoms with Crippen LogP contribution in [0.5, 0.6) is 0 Å². The van der Waals surface area contributed by atoms with Crippen LogP contribution in [-0.2, 0) is 6.18 Å². The van der Waals surface area contributed by atoms with Crippen LogP contribution in [0.3, 0.4) is 0 Å². The van der Waals surface area contributed by atoms with E-state index in [-0.39, 0.29) is 17.5 Å². The van der Waals surface area contributed by atoms with Crippen LogP contribution in [0.15, 0.2) is 89.0 Å². The summed E-state index contributed by atoms with van der Waals surface area (Å²) in [6.45, 7) is 2.79. The van der Waals surface area contributed by atoms with E-state index >= 15 is 0 Å². The third-order valence-electron chi connectivity index (χ3n) is 9.15. The number of fused-ring (bicyclic) bond motifs is 5. The number of alkyl halides is 3. The summed E-state index contributed by atoms with van der Waals surface area (Å²) in [5.41, 5.74) is 9.72. The molecule has 0 bridgehead atoms. The molecule has 1 saturated heterocycles. The molecule has 44 heavy (non-hydrogen) atoms. The van der Waals surface area contributed by atoms with E-state index in [2.05, 4.69) is 42.6 Å². The molecule has 0 amide bonds. The van der Waals surface area contributed by atoms with Crippen molar-refractivity contribution in [3.05, 3.63) is 123 Å². The molecular formula is C37H27F4N3. The van der Waals surface area contributed by atoms with Gasteiger partial charge in [0.1, 0.15) is 5.82 Å². The molecule has 2 atom stereocenters. The Morgan fingerprint density at radius 3 is 2.39 bits per heavy atom. The molecule has 3 aromatic carbocycles. The first-order valence-corrected chi connectivity index (χ1v) is 14.8. The van der Waals surface area contributed by atoms with Crippen molar-refractivity contribution in [2.24, 2.45) is 0 Å². The van der Waals surface area contributed by atoms with Crippen LogP contribution < -0.4 is 5.32 Å². The number of benzene rings is 3. The molecular weight excluding hydrogens is 562 g/mol. The summed E-state index contributed by atoms with van der Waals surface area (Å²) in [6, 6.07) is 21.6. The minimum absolute atomic E-state index is 0.0206. The van der Waals surface area contributed by atoms with Gasteiger partial charge in [-0.25, -0.2) is 4.39 Å². The molecule has 7 rings (SSSR count). The second-order valence-electron chi connectivity index (χ2n) is 11.7. The molecule has 3 aliphatic carbocycles. The van der Waals surface area contributed by atoms with Crippen LogP contribution in [0.2, 0.25) is 0 Å². The van der Waals surface area contributed by atoms with E-state index in [9.17, 15) is 28.1 Å². The standard InChI is InChI=1S/C37H27F4N3/c1-2-3-6-22(17-42)35-25-8-5-4-7-23(25)26-16-30-27(15-29(26)35)24-11-9-20(13-28(24)36(30)31(18-43)34-19-44-34)21-10-12-33(38)32(14-21)37(39,40)41/h4-5,7-15,26,34,44H,2-3,6,16,19H2,1H3/b35-22+,36-31-. The predicted molar refractivity (Wildman–Crippen MR) is 162 cm³/mol. The molecule has 0 saturated carbocycles. The molecule has 2 unspecified atom stereocenters. The van der Waals surface area contributed by atoms with Gasteiger partial charge in [0.2, 0.25) is 0 Å². The van der Waals surface area contributed by atoms with Crippen molar-refractivity contribution in [2.75, 3.05) is 6.54 Å². The summed E-state index contributed by atoms with van der Waals surface area (Å²) in [5.74, 6) is -1.29. The molecule has 1 fully saturated rings. The summed E-state index contributed by atoms with van der Waals surface area (Å²) >= 11 is 0. The van der Waals surface area contributed by atoms with Crippen LogP contribution in [0, 0.1) is 28.5 Å². The fourth-order valence-corrected chi connectivity index (χ4v) is 7.01. The van der Waals surface area contributed by atoms with Crippen molar-refractivity contribution >= 4 is 16.7 Å². The Hall–Kier alpha value is -4.72. The molecule has 0 aromatic heterocycles. The normalized spacial score (nSPS) is 21.8. The Kier molecular flexibility index (Phi) is 6.68. The monoisotopic (exact) mass is 589 g/mol. The van der Waals surface area contributed by atoms with E-state index in [4.69, 9.17) is 0 Å². The number of nitrogens with one attached hydrogen (secondary N) is 1. The Bertz CT molecular complexity index is 1960. The Balaban J connectivity index is 1.43. The van der Waals surface area contributed by atoms with E-state index in [0.717, 1.165) is 80.7 Å². The molecule has 1 N–H and O–H groups in total. The van der Waals surface area contributed by atoms with Crippen LogP contribution in [0.25, 0.3) is 27.8 Å². The van der Waals surface area contributed by atoms with Gasteiger partial charge in [-0.1, -0.05) is 55.8 Å². The molecule has 3 nitrogen and oxygen atoms in total. The lowest BCUT2D eigenvalue weighted by atomic mass is 9.80. The number of nitriles is 2. The quantitative estimate of drug-likeness (QED) is 0.183. The lowest BCUT2D eigenvalue weighted by molar-refractivity contribution is -0.139. The number of hydrogen-bond donors (Lipinski definition) is 1. The highest BCUT2D eigenvalue weighted by molar-refractivity contribution is 6.09. The van der Waals surface area contributed by atoms with Crippen LogP contribution in [0.1, 0.15) is 66.3 Å². The van der Waals surface area contributed by atoms with Crippen LogP contribution in [0.4, 0.5) is 17.6 Å². The van der Waals surface area contributed by atoms with Gasteiger partial charge in [0.15, 0.2) is 0 Å². The van der Waals surface area contributed by atoms with Crippen molar-refractivity contribution in [1.29, 1.82) is 10.5 Å². The maximum Gasteiger partial charge on any atom is 0.419 e. The SMILES string of the molecule is CCCC/C(C#N)=C1\C2=CC3=C(CC2c2ccccc21)/C(=C(/C#N)C1CN1)c1cc(-c2ccc(F)c(C(F)(F)F)c2)ccc13. The van der Waals surface area contributed by atoms with Crippen molar-refractivity contribution < 1.29 is 17.6 Å². The molecule has 1 heterocycles. The smallest absolute Gasteiger partial charge is 0.306 e. The van der Waals surface area contributed by atoms with Crippen molar-refractivity contribution in [1.82, 2.24) is 5.32 Å². The fourth-order valence-electron chi connectivity index (χ4n) is 7.01. The van der Waals surface area contributed by atoms with E-state index in [0.29, 0.717) is 30.5 Å². The van der Waals surface area contributed by atoms with E-state index < -0.39 is 17.6 Å². The summed E-state index contributed by atoms with van der Waals surface area (Å²) < 4.78 is 54.7. The molecule has 7 heteroatoms. The maximum absolute atomic E-state index is 14.1. The topological polar surface area (TPSA) is 69.5 Å². The van der Waals surface area contributed by atoms with Gasteiger partial charge in [-0.15, -0.1) is 0 Å². The van der Waals surface area contributed by atoms with Crippen LogP contribution in [-0.4, -0.2) is 12.6 Å². The number of halogens is 4. The Labute approximate surface area is 253 Å². The van der Waals surface area contributed by atoms with Gasteiger partial charge < -0.3 is 5.32 Å². The lowest BCUT2D eigenvalue weighted by Crippen LogP contribution is -2.08. The zero-order valence-electron chi connectivity index (χ0n) is 23.9. The Morgan fingerprint density at radius 2 is 1.68 bits per heavy atom. The first-order chi connectivity index (χ1) is 21.2. The summed E-state index contributed by atoms with van der Waals surface area (Å²) in [7, 11) is 0. The first-order valence-electron chi connectivity index (χ1n) is 14.8. The predicted octanol–water partition coefficient (Wildman–Crippen LogP) is 9.12. The number of allylic oxidation sites excluding steroid dienone is 7. The van der Waals surface area contributed by atoms with Crippen LogP contribution >= 0.6 is 0 Å². The molecule has 0 radical (unpaired) electrons. The summed E-state index contributed by atoms with van der Waals surface area (Å²) in [4.78, 5) is 0. The van der Waals surface area contributed by atoms with Crippen molar-refractivity contribution in [3.63, 3.8) is 0 Å². The first kappa shape index (κ1) is 28.1.